The van der Waals surface area contributed by atoms with E-state index in [2.05, 4.69) is 0 Å². The van der Waals surface area contributed by atoms with Crippen molar-refractivity contribution in [3.8, 4) is 0 Å². The average molecular weight is 253 g/mol. The predicted molar refractivity (Wildman–Crippen MR) is 66.3 cm³/mol. The number of methoxy groups -OCH3 is 1. The highest BCUT2D eigenvalue weighted by Crippen LogP contribution is 2.22. The number of benzene rings is 1. The minimum absolute atomic E-state index is 0.0152. The molecule has 0 fully saturated rings. The van der Waals surface area contributed by atoms with Gasteiger partial charge in [0.05, 0.1) is 11.5 Å². The van der Waals surface area contributed by atoms with Crippen LogP contribution in [0.4, 0.5) is 11.4 Å². The van der Waals surface area contributed by atoms with E-state index in [1.54, 1.807) is 7.05 Å². The Bertz CT molecular complexity index is 462. The van der Waals surface area contributed by atoms with Crippen molar-refractivity contribution in [1.82, 2.24) is 4.90 Å². The fraction of sp³-hybridized carbons (Fsp3) is 0.364. The van der Waals surface area contributed by atoms with E-state index < -0.39 is 10.8 Å². The molecule has 7 nitrogen and oxygen atoms in total. The number of carbonyl (C=O) groups is 1. The summed E-state index contributed by atoms with van der Waals surface area (Å²) in [6.07, 6.45) is 0. The van der Waals surface area contributed by atoms with Gasteiger partial charge < -0.3 is 15.4 Å². The highest BCUT2D eigenvalue weighted by Gasteiger charge is 2.22. The highest BCUT2D eigenvalue weighted by molar-refractivity contribution is 5.98. The Labute approximate surface area is 104 Å². The topological polar surface area (TPSA) is 98.7 Å². The first-order chi connectivity index (χ1) is 8.47. The fourth-order valence-corrected chi connectivity index (χ4v) is 1.42. The van der Waals surface area contributed by atoms with Gasteiger partial charge in [0.25, 0.3) is 11.6 Å². The van der Waals surface area contributed by atoms with Crippen LogP contribution >= 0.6 is 0 Å². The number of hydrogen-bond donors (Lipinski definition) is 1. The van der Waals surface area contributed by atoms with Gasteiger partial charge in [-0.25, -0.2) is 0 Å². The van der Waals surface area contributed by atoms with E-state index in [9.17, 15) is 14.9 Å². The third kappa shape index (κ3) is 3.17. The zero-order valence-electron chi connectivity index (χ0n) is 10.3. The quantitative estimate of drug-likeness (QED) is 0.477. The Hall–Kier alpha value is -2.15. The van der Waals surface area contributed by atoms with Crippen LogP contribution in [0.15, 0.2) is 18.2 Å². The first-order valence-electron chi connectivity index (χ1n) is 5.25. The van der Waals surface area contributed by atoms with Crippen LogP contribution < -0.4 is 5.73 Å². The summed E-state index contributed by atoms with van der Waals surface area (Å²) in [4.78, 5) is 23.6. The molecule has 1 rings (SSSR count). The van der Waals surface area contributed by atoms with E-state index in [-0.39, 0.29) is 11.3 Å². The molecule has 0 bridgehead atoms. The molecule has 1 aromatic rings. The number of carbonyl (C=O) groups excluding carboxylic acids is 1. The number of ether oxygens (including phenoxy) is 1. The lowest BCUT2D eigenvalue weighted by Gasteiger charge is -2.16. The summed E-state index contributed by atoms with van der Waals surface area (Å²) in [5, 5.41) is 10.8. The number of nitro groups is 1. The molecule has 0 heterocycles. The maximum atomic E-state index is 12.0. The molecule has 2 N–H and O–H groups in total. The zero-order valence-corrected chi connectivity index (χ0v) is 10.3. The van der Waals surface area contributed by atoms with Crippen LogP contribution in [0.3, 0.4) is 0 Å². The number of hydrogen-bond acceptors (Lipinski definition) is 5. The van der Waals surface area contributed by atoms with Crippen LogP contribution in [-0.2, 0) is 4.74 Å². The maximum Gasteiger partial charge on any atom is 0.282 e. The zero-order chi connectivity index (χ0) is 13.7. The summed E-state index contributed by atoms with van der Waals surface area (Å²) < 4.78 is 4.85. The minimum atomic E-state index is -0.600. The SMILES string of the molecule is COCCN(C)C(=O)c1cc(N)ccc1[N+](=O)[O-]. The number of nitrogens with zero attached hydrogens (tertiary/aromatic N) is 2. The molecule has 0 aliphatic carbocycles. The van der Waals surface area contributed by atoms with Gasteiger partial charge in [0.1, 0.15) is 5.56 Å². The number of nitrogens with two attached hydrogens (primary N) is 1. The first kappa shape index (κ1) is 13.9. The third-order valence-corrected chi connectivity index (χ3v) is 2.43. The van der Waals surface area contributed by atoms with Gasteiger partial charge in [-0.15, -0.1) is 0 Å². The van der Waals surface area contributed by atoms with Crippen molar-refractivity contribution in [2.45, 2.75) is 0 Å². The van der Waals surface area contributed by atoms with E-state index in [4.69, 9.17) is 10.5 Å². The number of anilines is 1. The third-order valence-electron chi connectivity index (χ3n) is 2.43. The van der Waals surface area contributed by atoms with Crippen molar-refractivity contribution in [2.24, 2.45) is 0 Å². The normalized spacial score (nSPS) is 10.1. The van der Waals surface area contributed by atoms with Crippen LogP contribution in [0.25, 0.3) is 0 Å². The van der Waals surface area contributed by atoms with Crippen LogP contribution in [-0.4, -0.2) is 43.0 Å². The minimum Gasteiger partial charge on any atom is -0.399 e. The van der Waals surface area contributed by atoms with E-state index in [1.165, 1.54) is 30.2 Å². The van der Waals surface area contributed by atoms with E-state index in [1.807, 2.05) is 0 Å². The van der Waals surface area contributed by atoms with Crippen molar-refractivity contribution < 1.29 is 14.5 Å². The molecule has 7 heteroatoms. The fourth-order valence-electron chi connectivity index (χ4n) is 1.42. The lowest BCUT2D eigenvalue weighted by atomic mass is 10.1. The molecule has 0 aromatic heterocycles. The van der Waals surface area contributed by atoms with Gasteiger partial charge in [0.15, 0.2) is 0 Å². The van der Waals surface area contributed by atoms with Crippen molar-refractivity contribution in [3.63, 3.8) is 0 Å². The molecule has 0 aliphatic rings. The first-order valence-corrected chi connectivity index (χ1v) is 5.25. The second kappa shape index (κ2) is 5.97. The van der Waals surface area contributed by atoms with Crippen LogP contribution in [0.5, 0.6) is 0 Å². The molecule has 1 amide bonds. The second-order valence-corrected chi connectivity index (χ2v) is 3.75. The highest BCUT2D eigenvalue weighted by atomic mass is 16.6. The molecule has 0 atom stereocenters. The summed E-state index contributed by atoms with van der Waals surface area (Å²) >= 11 is 0. The largest absolute Gasteiger partial charge is 0.399 e. The number of amides is 1. The molecular weight excluding hydrogens is 238 g/mol. The van der Waals surface area contributed by atoms with Gasteiger partial charge in [-0.05, 0) is 12.1 Å². The molecule has 18 heavy (non-hydrogen) atoms. The van der Waals surface area contributed by atoms with Crippen molar-refractivity contribution in [3.05, 3.63) is 33.9 Å². The molecule has 0 unspecified atom stereocenters. The predicted octanol–water partition coefficient (Wildman–Crippen LogP) is 0.895. The summed E-state index contributed by atoms with van der Waals surface area (Å²) in [5.41, 5.74) is 5.59. The maximum absolute atomic E-state index is 12.0. The Balaban J connectivity index is 3.03. The molecule has 1 aromatic carbocycles. The summed E-state index contributed by atoms with van der Waals surface area (Å²) in [6.45, 7) is 0.708. The Morgan fingerprint density at radius 3 is 2.78 bits per heavy atom. The van der Waals surface area contributed by atoms with Gasteiger partial charge in [-0.3, -0.25) is 14.9 Å². The standard InChI is InChI=1S/C11H15N3O4/c1-13(5-6-18-2)11(15)9-7-8(12)3-4-10(9)14(16)17/h3-4,7H,5-6,12H2,1-2H3. The average Bonchev–Trinajstić information content (AvgIpc) is 2.34. The lowest BCUT2D eigenvalue weighted by Crippen LogP contribution is -2.30. The summed E-state index contributed by atoms with van der Waals surface area (Å²) in [7, 11) is 3.07. The Morgan fingerprint density at radius 1 is 1.56 bits per heavy atom. The van der Waals surface area contributed by atoms with Crippen LogP contribution in [0, 0.1) is 10.1 Å². The Morgan fingerprint density at radius 2 is 2.22 bits per heavy atom. The monoisotopic (exact) mass is 253 g/mol. The van der Waals surface area contributed by atoms with Gasteiger partial charge in [-0.2, -0.15) is 0 Å². The van der Waals surface area contributed by atoms with Crippen molar-refractivity contribution in [2.75, 3.05) is 33.0 Å². The van der Waals surface area contributed by atoms with Gasteiger partial charge in [-0.1, -0.05) is 0 Å². The van der Waals surface area contributed by atoms with Crippen molar-refractivity contribution in [1.29, 1.82) is 0 Å². The van der Waals surface area contributed by atoms with Crippen LogP contribution in [0.1, 0.15) is 10.4 Å². The Kier molecular flexibility index (Phi) is 4.61. The number of nitrogen functional groups attached to an aromatic ring is 1. The molecule has 0 radical (unpaired) electrons. The number of likely N-dealkylation sites (N-methyl/N-ethyl adjacent to an activating group) is 1. The summed E-state index contributed by atoms with van der Waals surface area (Å²) in [5.74, 6) is -0.453. The number of rotatable bonds is 5. The van der Waals surface area contributed by atoms with Gasteiger partial charge in [0.2, 0.25) is 0 Å². The second-order valence-electron chi connectivity index (χ2n) is 3.75. The molecular formula is C11H15N3O4. The van der Waals surface area contributed by atoms with E-state index in [0.29, 0.717) is 18.8 Å². The molecule has 98 valence electrons. The van der Waals surface area contributed by atoms with E-state index >= 15 is 0 Å². The molecule has 0 aliphatic heterocycles. The smallest absolute Gasteiger partial charge is 0.282 e. The summed E-state index contributed by atoms with van der Waals surface area (Å²) in [6, 6.07) is 3.93. The van der Waals surface area contributed by atoms with Gasteiger partial charge in [0, 0.05) is 32.5 Å². The molecule has 0 saturated carbocycles. The van der Waals surface area contributed by atoms with Crippen molar-refractivity contribution >= 4 is 17.3 Å². The number of nitro benzene ring substituents is 1. The van der Waals surface area contributed by atoms with E-state index in [0.717, 1.165) is 0 Å². The molecule has 0 saturated heterocycles. The van der Waals surface area contributed by atoms with Crippen LogP contribution in [0.2, 0.25) is 0 Å². The molecule has 0 spiro atoms. The lowest BCUT2D eigenvalue weighted by molar-refractivity contribution is -0.385. The van der Waals surface area contributed by atoms with Gasteiger partial charge >= 0.3 is 0 Å².